The molecule has 0 heterocycles. The van der Waals surface area contributed by atoms with E-state index >= 15 is 0 Å². The third-order valence-electron chi connectivity index (χ3n) is 3.95. The van der Waals surface area contributed by atoms with Crippen LogP contribution in [-0.2, 0) is 16.8 Å². The maximum atomic E-state index is 12.5. The maximum Gasteiger partial charge on any atom is 0.230 e. The van der Waals surface area contributed by atoms with Crippen LogP contribution < -0.4 is 10.1 Å². The zero-order valence-electron chi connectivity index (χ0n) is 13.6. The number of aryl methyl sites for hydroxylation is 1. The molecule has 116 valence electrons. The van der Waals surface area contributed by atoms with Gasteiger partial charge in [0.25, 0.3) is 0 Å². The number of nitrogens with one attached hydrogen (secondary N) is 1. The molecule has 3 nitrogen and oxygen atoms in total. The molecule has 1 amide bonds. The van der Waals surface area contributed by atoms with Gasteiger partial charge in [-0.3, -0.25) is 4.79 Å². The molecule has 0 aromatic heterocycles. The summed E-state index contributed by atoms with van der Waals surface area (Å²) in [7, 11) is 1.63. The Labute approximate surface area is 132 Å². The van der Waals surface area contributed by atoms with E-state index in [1.165, 1.54) is 5.56 Å². The molecule has 0 unspecified atom stereocenters. The third kappa shape index (κ3) is 3.67. The first-order chi connectivity index (χ1) is 10.4. The number of hydrogen-bond donors (Lipinski definition) is 1. The number of benzene rings is 2. The summed E-state index contributed by atoms with van der Waals surface area (Å²) in [6.45, 7) is 6.45. The van der Waals surface area contributed by atoms with E-state index in [0.717, 1.165) is 16.9 Å². The highest BCUT2D eigenvalue weighted by Crippen LogP contribution is 2.25. The first-order valence-corrected chi connectivity index (χ1v) is 7.42. The van der Waals surface area contributed by atoms with Gasteiger partial charge in [0.1, 0.15) is 5.75 Å². The number of methoxy groups -OCH3 is 1. The number of rotatable bonds is 5. The number of ether oxygens (including phenoxy) is 1. The van der Waals surface area contributed by atoms with Crippen LogP contribution in [0.5, 0.6) is 5.75 Å². The molecule has 1 N–H and O–H groups in total. The Morgan fingerprint density at radius 2 is 1.64 bits per heavy atom. The summed E-state index contributed by atoms with van der Waals surface area (Å²) >= 11 is 0. The van der Waals surface area contributed by atoms with E-state index in [4.69, 9.17) is 4.74 Å². The van der Waals surface area contributed by atoms with Gasteiger partial charge >= 0.3 is 0 Å². The zero-order chi connectivity index (χ0) is 16.2. The molecule has 0 atom stereocenters. The smallest absolute Gasteiger partial charge is 0.230 e. The molecular weight excluding hydrogens is 274 g/mol. The molecule has 2 rings (SSSR count). The fraction of sp³-hybridized carbons (Fsp3) is 0.316. The van der Waals surface area contributed by atoms with Crippen LogP contribution in [0.3, 0.4) is 0 Å². The molecule has 0 aliphatic rings. The van der Waals surface area contributed by atoms with Crippen molar-refractivity contribution < 1.29 is 9.53 Å². The number of amides is 1. The van der Waals surface area contributed by atoms with E-state index in [2.05, 4.69) is 24.4 Å². The van der Waals surface area contributed by atoms with Crippen LogP contribution >= 0.6 is 0 Å². The molecule has 2 aromatic rings. The highest BCUT2D eigenvalue weighted by molar-refractivity contribution is 5.87. The van der Waals surface area contributed by atoms with Crippen molar-refractivity contribution >= 4 is 5.91 Å². The van der Waals surface area contributed by atoms with Crippen LogP contribution in [0.4, 0.5) is 0 Å². The van der Waals surface area contributed by atoms with Crippen LogP contribution in [0.2, 0.25) is 0 Å². The van der Waals surface area contributed by atoms with Gasteiger partial charge in [0.2, 0.25) is 5.91 Å². The van der Waals surface area contributed by atoms with Gasteiger partial charge < -0.3 is 10.1 Å². The predicted molar refractivity (Wildman–Crippen MR) is 89.0 cm³/mol. The summed E-state index contributed by atoms with van der Waals surface area (Å²) in [5.41, 5.74) is 2.70. The van der Waals surface area contributed by atoms with Crippen LogP contribution in [0.25, 0.3) is 0 Å². The van der Waals surface area contributed by atoms with Gasteiger partial charge in [-0.2, -0.15) is 0 Å². The second-order valence-electron chi connectivity index (χ2n) is 6.02. The van der Waals surface area contributed by atoms with Gasteiger partial charge in [-0.25, -0.2) is 0 Å². The van der Waals surface area contributed by atoms with Crippen molar-refractivity contribution in [2.24, 2.45) is 0 Å². The lowest BCUT2D eigenvalue weighted by Crippen LogP contribution is -2.39. The topological polar surface area (TPSA) is 38.3 Å². The van der Waals surface area contributed by atoms with Crippen molar-refractivity contribution in [3.63, 3.8) is 0 Å². The fourth-order valence-electron chi connectivity index (χ4n) is 2.25. The van der Waals surface area contributed by atoms with E-state index in [-0.39, 0.29) is 5.91 Å². The first-order valence-electron chi connectivity index (χ1n) is 7.42. The van der Waals surface area contributed by atoms with Gasteiger partial charge in [0.05, 0.1) is 12.5 Å². The molecule has 0 aliphatic carbocycles. The minimum Gasteiger partial charge on any atom is -0.497 e. The van der Waals surface area contributed by atoms with Gasteiger partial charge in [0.15, 0.2) is 0 Å². The number of hydrogen-bond acceptors (Lipinski definition) is 2. The van der Waals surface area contributed by atoms with Crippen LogP contribution in [0.15, 0.2) is 48.5 Å². The van der Waals surface area contributed by atoms with E-state index in [0.29, 0.717) is 6.54 Å². The Bertz CT molecular complexity index is 627. The quantitative estimate of drug-likeness (QED) is 0.915. The third-order valence-corrected chi connectivity index (χ3v) is 3.95. The Morgan fingerprint density at radius 3 is 2.18 bits per heavy atom. The summed E-state index contributed by atoms with van der Waals surface area (Å²) in [6.07, 6.45) is 0. The molecule has 0 saturated carbocycles. The molecule has 2 aromatic carbocycles. The number of carbonyl (C=O) groups excluding carboxylic acids is 1. The van der Waals surface area contributed by atoms with Crippen LogP contribution in [0, 0.1) is 6.92 Å². The predicted octanol–water partition coefficient (Wildman–Crippen LogP) is 3.60. The Hall–Kier alpha value is -2.29. The SMILES string of the molecule is COc1ccc(C(C)(C)C(=O)NCc2ccc(C)cc2)cc1. The lowest BCUT2D eigenvalue weighted by molar-refractivity contribution is -0.125. The van der Waals surface area contributed by atoms with E-state index in [9.17, 15) is 4.79 Å². The zero-order valence-corrected chi connectivity index (χ0v) is 13.6. The van der Waals surface area contributed by atoms with Gasteiger partial charge in [0, 0.05) is 6.54 Å². The van der Waals surface area contributed by atoms with Gasteiger partial charge in [-0.15, -0.1) is 0 Å². The molecular formula is C19H23NO2. The molecule has 0 bridgehead atoms. The van der Waals surface area contributed by atoms with E-state index < -0.39 is 5.41 Å². The van der Waals surface area contributed by atoms with Crippen LogP contribution in [-0.4, -0.2) is 13.0 Å². The second-order valence-corrected chi connectivity index (χ2v) is 6.02. The van der Waals surface area contributed by atoms with Gasteiger partial charge in [-0.1, -0.05) is 42.0 Å². The standard InChI is InChI=1S/C19H23NO2/c1-14-5-7-15(8-6-14)13-20-18(21)19(2,3)16-9-11-17(22-4)12-10-16/h5-12H,13H2,1-4H3,(H,20,21). The molecule has 22 heavy (non-hydrogen) atoms. The molecule has 0 saturated heterocycles. The summed E-state index contributed by atoms with van der Waals surface area (Å²) in [5, 5.41) is 3.02. The van der Waals surface area contributed by atoms with Crippen LogP contribution in [0.1, 0.15) is 30.5 Å². The fourth-order valence-corrected chi connectivity index (χ4v) is 2.25. The Balaban J connectivity index is 2.04. The summed E-state index contributed by atoms with van der Waals surface area (Å²) in [5.74, 6) is 0.804. The largest absolute Gasteiger partial charge is 0.497 e. The second kappa shape index (κ2) is 6.65. The molecule has 0 fully saturated rings. The van der Waals surface area contributed by atoms with E-state index in [1.54, 1.807) is 7.11 Å². The van der Waals surface area contributed by atoms with Crippen molar-refractivity contribution in [1.82, 2.24) is 5.32 Å². The Morgan fingerprint density at radius 1 is 1.05 bits per heavy atom. The van der Waals surface area contributed by atoms with E-state index in [1.807, 2.05) is 50.2 Å². The van der Waals surface area contributed by atoms with Crippen molar-refractivity contribution in [3.05, 3.63) is 65.2 Å². The van der Waals surface area contributed by atoms with Crippen molar-refractivity contribution in [2.75, 3.05) is 7.11 Å². The highest BCUT2D eigenvalue weighted by Gasteiger charge is 2.29. The molecule has 0 aliphatic heterocycles. The monoisotopic (exact) mass is 297 g/mol. The molecule has 0 radical (unpaired) electrons. The van der Waals surface area contributed by atoms with Crippen molar-refractivity contribution in [3.8, 4) is 5.75 Å². The summed E-state index contributed by atoms with van der Waals surface area (Å²) in [4.78, 5) is 12.5. The Kier molecular flexibility index (Phi) is 4.86. The summed E-state index contributed by atoms with van der Waals surface area (Å²) in [6, 6.07) is 15.8. The minimum absolute atomic E-state index is 0.0123. The first kappa shape index (κ1) is 16.1. The average molecular weight is 297 g/mol. The number of carbonyl (C=O) groups is 1. The maximum absolute atomic E-state index is 12.5. The average Bonchev–Trinajstić information content (AvgIpc) is 2.54. The van der Waals surface area contributed by atoms with Gasteiger partial charge in [-0.05, 0) is 44.0 Å². The lowest BCUT2D eigenvalue weighted by atomic mass is 9.83. The lowest BCUT2D eigenvalue weighted by Gasteiger charge is -2.24. The minimum atomic E-state index is -0.586. The van der Waals surface area contributed by atoms with Crippen molar-refractivity contribution in [2.45, 2.75) is 32.7 Å². The van der Waals surface area contributed by atoms with Crippen molar-refractivity contribution in [1.29, 1.82) is 0 Å². The summed E-state index contributed by atoms with van der Waals surface area (Å²) < 4.78 is 5.16. The molecule has 0 spiro atoms. The normalized spacial score (nSPS) is 11.1. The molecule has 3 heteroatoms. The highest BCUT2D eigenvalue weighted by atomic mass is 16.5.